The van der Waals surface area contributed by atoms with Gasteiger partial charge in [0.15, 0.2) is 4.96 Å². The SMILES string of the molecule is CC(C)(C)C1CCC(C(O)Cc2cn3ccsc3n2)CC1. The molecule has 0 bridgehead atoms. The minimum absolute atomic E-state index is 0.240. The molecular formula is C17H26N2OS. The van der Waals surface area contributed by atoms with Gasteiger partial charge in [0.1, 0.15) is 0 Å². The number of aliphatic hydroxyl groups excluding tert-OH is 1. The van der Waals surface area contributed by atoms with Crippen molar-refractivity contribution < 1.29 is 5.11 Å². The zero-order valence-electron chi connectivity index (χ0n) is 13.2. The molecule has 1 aliphatic rings. The van der Waals surface area contributed by atoms with Crippen LogP contribution in [0.15, 0.2) is 17.8 Å². The summed E-state index contributed by atoms with van der Waals surface area (Å²) in [4.78, 5) is 5.61. The Morgan fingerprint density at radius 1 is 1.33 bits per heavy atom. The topological polar surface area (TPSA) is 37.5 Å². The zero-order chi connectivity index (χ0) is 15.0. The van der Waals surface area contributed by atoms with Crippen molar-refractivity contribution in [2.24, 2.45) is 17.3 Å². The first-order valence-electron chi connectivity index (χ1n) is 8.02. The summed E-state index contributed by atoms with van der Waals surface area (Å²) >= 11 is 1.64. The van der Waals surface area contributed by atoms with Crippen molar-refractivity contribution in [3.05, 3.63) is 23.5 Å². The van der Waals surface area contributed by atoms with Crippen molar-refractivity contribution in [1.82, 2.24) is 9.38 Å². The molecule has 2 aromatic rings. The molecule has 1 atom stereocenters. The molecule has 3 rings (SSSR count). The second-order valence-electron chi connectivity index (χ2n) is 7.57. The lowest BCUT2D eigenvalue weighted by atomic mass is 9.68. The Kier molecular flexibility index (Phi) is 4.10. The van der Waals surface area contributed by atoms with Crippen molar-refractivity contribution in [3.8, 4) is 0 Å². The van der Waals surface area contributed by atoms with E-state index in [1.807, 2.05) is 16.0 Å². The van der Waals surface area contributed by atoms with Gasteiger partial charge in [-0.25, -0.2) is 4.98 Å². The van der Waals surface area contributed by atoms with E-state index in [4.69, 9.17) is 0 Å². The summed E-state index contributed by atoms with van der Waals surface area (Å²) in [5.74, 6) is 1.25. The summed E-state index contributed by atoms with van der Waals surface area (Å²) in [6.45, 7) is 7.02. The number of hydrogen-bond donors (Lipinski definition) is 1. The first kappa shape index (κ1) is 15.0. The van der Waals surface area contributed by atoms with E-state index in [9.17, 15) is 5.11 Å². The van der Waals surface area contributed by atoms with Crippen molar-refractivity contribution in [3.63, 3.8) is 0 Å². The third-order valence-corrected chi connectivity index (χ3v) is 5.87. The number of imidazole rings is 1. The highest BCUT2D eigenvalue weighted by Gasteiger charge is 2.32. The smallest absolute Gasteiger partial charge is 0.193 e. The molecule has 0 saturated heterocycles. The summed E-state index contributed by atoms with van der Waals surface area (Å²) < 4.78 is 2.04. The zero-order valence-corrected chi connectivity index (χ0v) is 14.1. The molecule has 21 heavy (non-hydrogen) atoms. The number of aliphatic hydroxyl groups is 1. The van der Waals surface area contributed by atoms with Gasteiger partial charge in [0.25, 0.3) is 0 Å². The van der Waals surface area contributed by atoms with Gasteiger partial charge in [0, 0.05) is 24.2 Å². The molecule has 1 fully saturated rings. The van der Waals surface area contributed by atoms with E-state index in [1.165, 1.54) is 12.8 Å². The van der Waals surface area contributed by atoms with E-state index < -0.39 is 0 Å². The molecule has 1 saturated carbocycles. The van der Waals surface area contributed by atoms with E-state index in [-0.39, 0.29) is 6.10 Å². The van der Waals surface area contributed by atoms with Crippen molar-refractivity contribution in [2.45, 2.75) is 59.0 Å². The van der Waals surface area contributed by atoms with Crippen LogP contribution in [0, 0.1) is 17.3 Å². The minimum atomic E-state index is -0.240. The highest BCUT2D eigenvalue weighted by atomic mass is 32.1. The maximum atomic E-state index is 10.5. The van der Waals surface area contributed by atoms with E-state index in [2.05, 4.69) is 32.0 Å². The summed E-state index contributed by atoms with van der Waals surface area (Å²) in [5.41, 5.74) is 1.43. The van der Waals surface area contributed by atoms with Crippen LogP contribution >= 0.6 is 11.3 Å². The fourth-order valence-electron chi connectivity index (χ4n) is 3.63. The van der Waals surface area contributed by atoms with Crippen LogP contribution in [-0.4, -0.2) is 20.6 Å². The lowest BCUT2D eigenvalue weighted by Gasteiger charge is -2.38. The van der Waals surface area contributed by atoms with Crippen LogP contribution in [0.1, 0.15) is 52.1 Å². The fourth-order valence-corrected chi connectivity index (χ4v) is 4.34. The predicted molar refractivity (Wildman–Crippen MR) is 87.7 cm³/mol. The van der Waals surface area contributed by atoms with E-state index in [1.54, 1.807) is 11.3 Å². The highest BCUT2D eigenvalue weighted by molar-refractivity contribution is 7.15. The number of nitrogens with zero attached hydrogens (tertiary/aromatic N) is 2. The maximum absolute atomic E-state index is 10.5. The molecule has 1 aliphatic carbocycles. The first-order chi connectivity index (χ1) is 9.93. The molecular weight excluding hydrogens is 280 g/mol. The molecule has 0 aromatic carbocycles. The predicted octanol–water partition coefficient (Wildman–Crippen LogP) is 4.15. The van der Waals surface area contributed by atoms with Gasteiger partial charge in [-0.2, -0.15) is 0 Å². The van der Waals surface area contributed by atoms with E-state index >= 15 is 0 Å². The van der Waals surface area contributed by atoms with Gasteiger partial charge >= 0.3 is 0 Å². The van der Waals surface area contributed by atoms with Gasteiger partial charge in [0.2, 0.25) is 0 Å². The van der Waals surface area contributed by atoms with Gasteiger partial charge in [-0.1, -0.05) is 20.8 Å². The second kappa shape index (κ2) is 5.73. The van der Waals surface area contributed by atoms with Crippen molar-refractivity contribution in [2.75, 3.05) is 0 Å². The molecule has 4 heteroatoms. The Balaban J connectivity index is 1.57. The number of hydrogen-bond acceptors (Lipinski definition) is 3. The average Bonchev–Trinajstić information content (AvgIpc) is 2.98. The Hall–Kier alpha value is -0.870. The lowest BCUT2D eigenvalue weighted by molar-refractivity contribution is 0.0532. The molecule has 2 aromatic heterocycles. The number of rotatable bonds is 3. The normalized spacial score (nSPS) is 25.3. The Morgan fingerprint density at radius 3 is 2.67 bits per heavy atom. The van der Waals surface area contributed by atoms with Gasteiger partial charge in [-0.05, 0) is 42.9 Å². The van der Waals surface area contributed by atoms with Gasteiger partial charge < -0.3 is 5.11 Å². The molecule has 1 N–H and O–H groups in total. The van der Waals surface area contributed by atoms with Gasteiger partial charge in [-0.3, -0.25) is 4.40 Å². The monoisotopic (exact) mass is 306 g/mol. The third-order valence-electron chi connectivity index (χ3n) is 5.10. The van der Waals surface area contributed by atoms with Crippen LogP contribution in [0.2, 0.25) is 0 Å². The van der Waals surface area contributed by atoms with Crippen LogP contribution in [0.3, 0.4) is 0 Å². The van der Waals surface area contributed by atoms with Crippen LogP contribution in [-0.2, 0) is 6.42 Å². The van der Waals surface area contributed by atoms with Crippen molar-refractivity contribution >= 4 is 16.3 Å². The van der Waals surface area contributed by atoms with Gasteiger partial charge in [-0.15, -0.1) is 11.3 Å². The van der Waals surface area contributed by atoms with Crippen LogP contribution in [0.4, 0.5) is 0 Å². The van der Waals surface area contributed by atoms with E-state index in [0.717, 1.165) is 29.4 Å². The Morgan fingerprint density at radius 2 is 2.05 bits per heavy atom. The first-order valence-corrected chi connectivity index (χ1v) is 8.90. The van der Waals surface area contributed by atoms with Crippen LogP contribution in [0.5, 0.6) is 0 Å². The largest absolute Gasteiger partial charge is 0.392 e. The third kappa shape index (κ3) is 3.32. The standard InChI is InChI=1S/C17H26N2OS/c1-17(2,3)13-6-4-12(5-7-13)15(20)10-14-11-19-8-9-21-16(19)18-14/h8-9,11-13,15,20H,4-7,10H2,1-3H3. The molecule has 116 valence electrons. The molecule has 0 spiro atoms. The van der Waals surface area contributed by atoms with E-state index in [0.29, 0.717) is 17.8 Å². The minimum Gasteiger partial charge on any atom is -0.392 e. The number of aromatic nitrogens is 2. The molecule has 0 aliphatic heterocycles. The molecule has 0 amide bonds. The molecule has 3 nitrogen and oxygen atoms in total. The van der Waals surface area contributed by atoms with Crippen LogP contribution in [0.25, 0.3) is 4.96 Å². The molecule has 1 unspecified atom stereocenters. The van der Waals surface area contributed by atoms with Crippen LogP contribution < -0.4 is 0 Å². The second-order valence-corrected chi connectivity index (χ2v) is 8.45. The number of fused-ring (bicyclic) bond motifs is 1. The fraction of sp³-hybridized carbons (Fsp3) is 0.706. The molecule has 2 heterocycles. The highest BCUT2D eigenvalue weighted by Crippen LogP contribution is 2.41. The summed E-state index contributed by atoms with van der Waals surface area (Å²) in [6.07, 6.45) is 9.35. The van der Waals surface area contributed by atoms with Crippen molar-refractivity contribution in [1.29, 1.82) is 0 Å². The molecule has 0 radical (unpaired) electrons. The maximum Gasteiger partial charge on any atom is 0.193 e. The Bertz CT molecular complexity index is 559. The summed E-state index contributed by atoms with van der Waals surface area (Å²) in [5, 5.41) is 12.6. The Labute approximate surface area is 131 Å². The summed E-state index contributed by atoms with van der Waals surface area (Å²) in [6, 6.07) is 0. The lowest BCUT2D eigenvalue weighted by Crippen LogP contribution is -2.31. The average molecular weight is 306 g/mol. The summed E-state index contributed by atoms with van der Waals surface area (Å²) in [7, 11) is 0. The quantitative estimate of drug-likeness (QED) is 0.925. The van der Waals surface area contributed by atoms with Gasteiger partial charge in [0.05, 0.1) is 11.8 Å². The number of thiazole rings is 1.